The Morgan fingerprint density at radius 1 is 1.24 bits per heavy atom. The third-order valence-electron chi connectivity index (χ3n) is 4.18. The molecule has 0 aromatic heterocycles. The fraction of sp³-hybridized carbons (Fsp3) is 0.923. The van der Waals surface area contributed by atoms with Crippen molar-refractivity contribution in [1.29, 1.82) is 0 Å². The molecule has 2 aliphatic rings. The molecule has 0 aromatic carbocycles. The van der Waals surface area contributed by atoms with Crippen LogP contribution in [0.3, 0.4) is 0 Å². The van der Waals surface area contributed by atoms with Gasteiger partial charge in [-0.15, -0.1) is 0 Å². The van der Waals surface area contributed by atoms with Crippen molar-refractivity contribution in [3.8, 4) is 0 Å². The van der Waals surface area contributed by atoms with Crippen LogP contribution in [0, 0.1) is 5.41 Å². The molecule has 17 heavy (non-hydrogen) atoms. The predicted octanol–water partition coefficient (Wildman–Crippen LogP) is 2.21. The molecule has 4 heteroatoms. The van der Waals surface area contributed by atoms with Gasteiger partial charge in [0.15, 0.2) is 0 Å². The molecule has 1 amide bonds. The number of nitrogens with one attached hydrogen (secondary N) is 1. The highest BCUT2D eigenvalue weighted by molar-refractivity contribution is 5.67. The molecule has 4 nitrogen and oxygen atoms in total. The molecule has 2 saturated carbocycles. The maximum absolute atomic E-state index is 11.6. The topological polar surface area (TPSA) is 58.6 Å². The molecule has 0 spiro atoms. The molecule has 0 atom stereocenters. The fourth-order valence-corrected chi connectivity index (χ4v) is 2.97. The molecule has 2 fully saturated rings. The Kier molecular flexibility index (Phi) is 4.26. The Morgan fingerprint density at radius 3 is 2.47 bits per heavy atom. The summed E-state index contributed by atoms with van der Waals surface area (Å²) in [5.74, 6) is 0. The summed E-state index contributed by atoms with van der Waals surface area (Å²) in [5, 5.41) is 12.2. The van der Waals surface area contributed by atoms with Crippen molar-refractivity contribution in [1.82, 2.24) is 5.32 Å². The molecule has 2 N–H and O–H groups in total. The minimum atomic E-state index is -0.309. The van der Waals surface area contributed by atoms with Crippen molar-refractivity contribution in [3.63, 3.8) is 0 Å². The van der Waals surface area contributed by atoms with Crippen LogP contribution in [0.4, 0.5) is 4.79 Å². The molecule has 2 aliphatic carbocycles. The van der Waals surface area contributed by atoms with Gasteiger partial charge in [-0.25, -0.2) is 4.79 Å². The van der Waals surface area contributed by atoms with Gasteiger partial charge in [0.25, 0.3) is 0 Å². The number of aliphatic hydroxyl groups excluding tert-OH is 1. The molecule has 0 aromatic rings. The number of aliphatic hydroxyl groups is 1. The first-order valence-corrected chi connectivity index (χ1v) is 6.79. The summed E-state index contributed by atoms with van der Waals surface area (Å²) in [6.07, 6.45) is 8.45. The lowest BCUT2D eigenvalue weighted by molar-refractivity contribution is 0.0874. The zero-order valence-electron chi connectivity index (χ0n) is 10.4. The van der Waals surface area contributed by atoms with Crippen molar-refractivity contribution in [2.45, 2.75) is 57.5 Å². The van der Waals surface area contributed by atoms with Gasteiger partial charge in [0, 0.05) is 12.0 Å². The molecular weight excluding hydrogens is 218 g/mol. The van der Waals surface area contributed by atoms with Gasteiger partial charge in [0.2, 0.25) is 0 Å². The normalized spacial score (nSPS) is 23.8. The van der Waals surface area contributed by atoms with Crippen molar-refractivity contribution < 1.29 is 14.6 Å². The Morgan fingerprint density at radius 2 is 1.88 bits per heavy atom. The van der Waals surface area contributed by atoms with Gasteiger partial charge in [-0.3, -0.25) is 0 Å². The second-order valence-electron chi connectivity index (χ2n) is 5.53. The summed E-state index contributed by atoms with van der Waals surface area (Å²) in [6, 6.07) is 0. The van der Waals surface area contributed by atoms with E-state index in [4.69, 9.17) is 4.74 Å². The van der Waals surface area contributed by atoms with Crippen molar-refractivity contribution in [2.75, 3.05) is 13.2 Å². The van der Waals surface area contributed by atoms with Gasteiger partial charge in [0.1, 0.15) is 6.10 Å². The lowest BCUT2D eigenvalue weighted by Crippen LogP contribution is -2.39. The number of hydrogen-bond donors (Lipinski definition) is 2. The summed E-state index contributed by atoms with van der Waals surface area (Å²) in [5.41, 5.74) is -0.0886. The van der Waals surface area contributed by atoms with Crippen LogP contribution in [0.15, 0.2) is 0 Å². The first-order chi connectivity index (χ1) is 8.24. The van der Waals surface area contributed by atoms with Crippen LogP contribution in [0.1, 0.15) is 51.4 Å². The maximum atomic E-state index is 11.6. The number of carbonyl (C=O) groups is 1. The summed E-state index contributed by atoms with van der Waals surface area (Å²) < 4.78 is 5.33. The Balaban J connectivity index is 1.71. The van der Waals surface area contributed by atoms with Crippen molar-refractivity contribution in [2.24, 2.45) is 5.41 Å². The molecule has 0 bridgehead atoms. The zero-order valence-corrected chi connectivity index (χ0v) is 10.4. The first-order valence-electron chi connectivity index (χ1n) is 6.79. The van der Waals surface area contributed by atoms with E-state index in [-0.39, 0.29) is 24.2 Å². The smallest absolute Gasteiger partial charge is 0.407 e. The highest BCUT2D eigenvalue weighted by Crippen LogP contribution is 2.36. The number of alkyl carbamates (subject to hydrolysis) is 1. The van der Waals surface area contributed by atoms with Crippen LogP contribution in [-0.2, 0) is 4.74 Å². The molecule has 98 valence electrons. The SMILES string of the molecule is O=C(NCC1(CO)CCCC1)OC1CCCC1. The minimum Gasteiger partial charge on any atom is -0.446 e. The largest absolute Gasteiger partial charge is 0.446 e. The highest BCUT2D eigenvalue weighted by atomic mass is 16.6. The van der Waals surface area contributed by atoms with Crippen LogP contribution in [-0.4, -0.2) is 30.5 Å². The van der Waals surface area contributed by atoms with E-state index >= 15 is 0 Å². The Bertz CT molecular complexity index is 255. The summed E-state index contributed by atoms with van der Waals surface area (Å²) >= 11 is 0. The zero-order chi connectivity index (χ0) is 12.1. The van der Waals surface area contributed by atoms with E-state index < -0.39 is 0 Å². The van der Waals surface area contributed by atoms with E-state index in [2.05, 4.69) is 5.32 Å². The fourth-order valence-electron chi connectivity index (χ4n) is 2.97. The van der Waals surface area contributed by atoms with Crippen LogP contribution >= 0.6 is 0 Å². The molecule has 2 rings (SSSR count). The molecular formula is C13H23NO3. The van der Waals surface area contributed by atoms with E-state index in [9.17, 15) is 9.90 Å². The molecule has 0 unspecified atom stereocenters. The third kappa shape index (κ3) is 3.35. The predicted molar refractivity (Wildman–Crippen MR) is 64.7 cm³/mol. The number of hydrogen-bond acceptors (Lipinski definition) is 3. The average Bonchev–Trinajstić information content (AvgIpc) is 2.98. The second kappa shape index (κ2) is 5.71. The Hall–Kier alpha value is -0.770. The first kappa shape index (κ1) is 12.7. The lowest BCUT2D eigenvalue weighted by atomic mass is 9.87. The van der Waals surface area contributed by atoms with Crippen molar-refractivity contribution >= 4 is 6.09 Å². The summed E-state index contributed by atoms with van der Waals surface area (Å²) in [6.45, 7) is 0.714. The minimum absolute atomic E-state index is 0.0886. The van der Waals surface area contributed by atoms with Gasteiger partial charge in [-0.1, -0.05) is 12.8 Å². The average molecular weight is 241 g/mol. The van der Waals surface area contributed by atoms with E-state index in [1.807, 2.05) is 0 Å². The number of amides is 1. The van der Waals surface area contributed by atoms with Gasteiger partial charge in [-0.2, -0.15) is 0 Å². The van der Waals surface area contributed by atoms with Crippen LogP contribution in [0.5, 0.6) is 0 Å². The molecule has 0 aliphatic heterocycles. The van der Waals surface area contributed by atoms with Crippen molar-refractivity contribution in [3.05, 3.63) is 0 Å². The number of carbonyl (C=O) groups excluding carboxylic acids is 1. The van der Waals surface area contributed by atoms with Crippen LogP contribution < -0.4 is 5.32 Å². The van der Waals surface area contributed by atoms with Gasteiger partial charge in [0.05, 0.1) is 6.61 Å². The maximum Gasteiger partial charge on any atom is 0.407 e. The molecule has 0 radical (unpaired) electrons. The second-order valence-corrected chi connectivity index (χ2v) is 5.53. The number of rotatable bonds is 4. The van der Waals surface area contributed by atoms with E-state index in [1.54, 1.807) is 0 Å². The van der Waals surface area contributed by atoms with E-state index in [1.165, 1.54) is 12.8 Å². The molecule has 0 heterocycles. The van der Waals surface area contributed by atoms with E-state index in [0.717, 1.165) is 38.5 Å². The number of ether oxygens (including phenoxy) is 1. The van der Waals surface area contributed by atoms with Gasteiger partial charge >= 0.3 is 6.09 Å². The van der Waals surface area contributed by atoms with Gasteiger partial charge in [-0.05, 0) is 38.5 Å². The quantitative estimate of drug-likeness (QED) is 0.793. The third-order valence-corrected chi connectivity index (χ3v) is 4.18. The highest BCUT2D eigenvalue weighted by Gasteiger charge is 2.33. The molecule has 0 saturated heterocycles. The lowest BCUT2D eigenvalue weighted by Gasteiger charge is -2.26. The van der Waals surface area contributed by atoms with Gasteiger partial charge < -0.3 is 15.2 Å². The Labute approximate surface area is 103 Å². The van der Waals surface area contributed by atoms with Crippen LogP contribution in [0.2, 0.25) is 0 Å². The van der Waals surface area contributed by atoms with E-state index in [0.29, 0.717) is 6.54 Å². The summed E-state index contributed by atoms with van der Waals surface area (Å²) in [7, 11) is 0. The monoisotopic (exact) mass is 241 g/mol. The van der Waals surface area contributed by atoms with Crippen LogP contribution in [0.25, 0.3) is 0 Å². The standard InChI is InChI=1S/C13H23NO3/c15-10-13(7-3-4-8-13)9-14-12(16)17-11-5-1-2-6-11/h11,15H,1-10H2,(H,14,16). The summed E-state index contributed by atoms with van der Waals surface area (Å²) in [4.78, 5) is 11.6.